The Morgan fingerprint density at radius 1 is 0.606 bits per heavy atom. The van der Waals surface area contributed by atoms with Gasteiger partial charge in [-0.3, -0.25) is 0 Å². The van der Waals surface area contributed by atoms with Crippen LogP contribution in [0.2, 0.25) is 64.5 Å². The van der Waals surface area contributed by atoms with Crippen LogP contribution in [-0.2, 0) is 32.9 Å². The standard InChI is InChI=1S/C15H43FO9Si8/c1-26-18-28(3)22-32(7,23-29(4)19-26)13-9-11-15(16,17)12-10-14-33(8)24-30(5)20-27(2)21-31(6)25-33/h17,26-31H,9-14H2,1-8H3. The van der Waals surface area contributed by atoms with Crippen LogP contribution in [0.25, 0.3) is 0 Å². The Kier molecular flexibility index (Phi) is 12.2. The van der Waals surface area contributed by atoms with E-state index in [-0.39, 0.29) is 12.8 Å². The highest BCUT2D eigenvalue weighted by molar-refractivity contribution is 6.81. The minimum absolute atomic E-state index is 0.0483. The van der Waals surface area contributed by atoms with Crippen molar-refractivity contribution in [3.63, 3.8) is 0 Å². The van der Waals surface area contributed by atoms with Crippen LogP contribution in [0, 0.1) is 0 Å². The Morgan fingerprint density at radius 2 is 0.879 bits per heavy atom. The second-order valence-corrected chi connectivity index (χ2v) is 29.8. The van der Waals surface area contributed by atoms with E-state index in [1.54, 1.807) is 0 Å². The van der Waals surface area contributed by atoms with Crippen LogP contribution in [0.15, 0.2) is 0 Å². The molecule has 2 fully saturated rings. The van der Waals surface area contributed by atoms with Crippen molar-refractivity contribution >= 4 is 72.8 Å². The monoisotopic (exact) mass is 610 g/mol. The van der Waals surface area contributed by atoms with E-state index < -0.39 is 78.7 Å². The van der Waals surface area contributed by atoms with Gasteiger partial charge in [0, 0.05) is 12.8 Å². The van der Waals surface area contributed by atoms with Crippen LogP contribution < -0.4 is 0 Å². The molecule has 2 heterocycles. The molecule has 2 rings (SSSR count). The smallest absolute Gasteiger partial charge is 0.316 e. The van der Waals surface area contributed by atoms with Gasteiger partial charge in [0.1, 0.15) is 0 Å². The van der Waals surface area contributed by atoms with Crippen LogP contribution in [0.5, 0.6) is 0 Å². The van der Waals surface area contributed by atoms with Crippen molar-refractivity contribution in [3.05, 3.63) is 0 Å². The van der Waals surface area contributed by atoms with Crippen molar-refractivity contribution in [2.24, 2.45) is 0 Å². The van der Waals surface area contributed by atoms with Gasteiger partial charge in [0.05, 0.1) is 0 Å². The zero-order chi connectivity index (χ0) is 24.9. The molecule has 0 radical (unpaired) electrons. The Bertz CT molecular complexity index is 536. The maximum atomic E-state index is 14.9. The lowest BCUT2D eigenvalue weighted by Gasteiger charge is -2.37. The van der Waals surface area contributed by atoms with E-state index >= 15 is 0 Å². The number of aliphatic hydroxyl groups is 1. The number of alkyl halides is 1. The zero-order valence-corrected chi connectivity index (χ0v) is 30.2. The first-order valence-corrected chi connectivity index (χ1v) is 29.6. The van der Waals surface area contributed by atoms with Crippen molar-refractivity contribution < 1.29 is 42.4 Å². The van der Waals surface area contributed by atoms with Gasteiger partial charge in [-0.15, -0.1) is 0 Å². The predicted octanol–water partition coefficient (Wildman–Crippen LogP) is 1.61. The van der Waals surface area contributed by atoms with E-state index in [0.29, 0.717) is 24.9 Å². The van der Waals surface area contributed by atoms with Gasteiger partial charge in [-0.05, 0) is 77.3 Å². The molecule has 4 atom stereocenters. The molecule has 4 unspecified atom stereocenters. The van der Waals surface area contributed by atoms with Gasteiger partial charge in [-0.25, -0.2) is 4.39 Å². The molecule has 18 heteroatoms. The highest BCUT2D eigenvalue weighted by Crippen LogP contribution is 2.30. The summed E-state index contributed by atoms with van der Waals surface area (Å²) in [5.41, 5.74) is 0. The maximum Gasteiger partial charge on any atom is 0.316 e. The first kappa shape index (κ1) is 30.5. The van der Waals surface area contributed by atoms with E-state index in [0.717, 1.165) is 0 Å². The van der Waals surface area contributed by atoms with Gasteiger partial charge < -0.3 is 38.0 Å². The Morgan fingerprint density at radius 3 is 1.15 bits per heavy atom. The third-order valence-corrected chi connectivity index (χ3v) is 33.7. The molecule has 0 aromatic heterocycles. The number of hydrogen-bond acceptors (Lipinski definition) is 9. The van der Waals surface area contributed by atoms with Gasteiger partial charge in [-0.1, -0.05) is 0 Å². The highest BCUT2D eigenvalue weighted by Gasteiger charge is 2.41. The van der Waals surface area contributed by atoms with Gasteiger partial charge in [0.2, 0.25) is 5.85 Å². The van der Waals surface area contributed by atoms with Gasteiger partial charge in [-0.2, -0.15) is 0 Å². The Labute approximate surface area is 210 Å². The van der Waals surface area contributed by atoms with Gasteiger partial charge >= 0.3 is 17.1 Å². The molecule has 33 heavy (non-hydrogen) atoms. The number of hydrogen-bond donors (Lipinski definition) is 1. The molecule has 0 amide bonds. The summed E-state index contributed by atoms with van der Waals surface area (Å²) in [4.78, 5) is 0. The topological polar surface area (TPSA) is 94.1 Å². The predicted molar refractivity (Wildman–Crippen MR) is 144 cm³/mol. The largest absolute Gasteiger partial charge is 0.420 e. The summed E-state index contributed by atoms with van der Waals surface area (Å²) in [6.45, 7) is 15.9. The Balaban J connectivity index is 1.81. The minimum Gasteiger partial charge on any atom is -0.420 e. The van der Waals surface area contributed by atoms with E-state index in [1.165, 1.54) is 0 Å². The molecule has 0 aliphatic carbocycles. The van der Waals surface area contributed by atoms with Crippen LogP contribution in [0.4, 0.5) is 4.39 Å². The van der Waals surface area contributed by atoms with Crippen molar-refractivity contribution in [2.75, 3.05) is 0 Å². The normalized spacial score (nSPS) is 43.1. The minimum atomic E-state index is -2.51. The fourth-order valence-corrected chi connectivity index (χ4v) is 33.8. The molecule has 0 aromatic rings. The first-order chi connectivity index (χ1) is 15.2. The summed E-state index contributed by atoms with van der Waals surface area (Å²) < 4.78 is 63.6. The average Bonchev–Trinajstić information content (AvgIpc) is 2.57. The molecule has 0 spiro atoms. The quantitative estimate of drug-likeness (QED) is 0.412. The van der Waals surface area contributed by atoms with Crippen molar-refractivity contribution in [1.82, 2.24) is 0 Å². The van der Waals surface area contributed by atoms with Gasteiger partial charge in [0.25, 0.3) is 55.7 Å². The third-order valence-electron chi connectivity index (χ3n) is 5.58. The molecule has 9 nitrogen and oxygen atoms in total. The van der Waals surface area contributed by atoms with Gasteiger partial charge in [0.15, 0.2) is 0 Å². The molecule has 2 saturated heterocycles. The number of halogens is 1. The SMILES string of the molecule is C[SiH]1O[SiH](C)O[Si](C)(CCCC(O)(F)CCC[Si]2(C)O[SiH](C)O[SiH](C)O[SiH](C)O2)O[SiH](C)O1. The first-order valence-electron chi connectivity index (χ1n) is 11.9. The summed E-state index contributed by atoms with van der Waals surface area (Å²) in [7, 11) is -15.7. The summed E-state index contributed by atoms with van der Waals surface area (Å²) >= 11 is 0. The van der Waals surface area contributed by atoms with Crippen molar-refractivity contribution in [2.45, 2.75) is 96.0 Å². The summed E-state index contributed by atoms with van der Waals surface area (Å²) in [6.07, 6.45) is 1.08. The average molecular weight is 611 g/mol. The highest BCUT2D eigenvalue weighted by atomic mass is 28.5. The molecular formula is C15H43FO9Si8. The molecule has 0 saturated carbocycles. The molecule has 0 bridgehead atoms. The fourth-order valence-electron chi connectivity index (χ4n) is 4.44. The fraction of sp³-hybridized carbons (Fsp3) is 1.00. The maximum absolute atomic E-state index is 14.9. The summed E-state index contributed by atoms with van der Waals surface area (Å²) in [6, 6.07) is 1.22. The molecule has 196 valence electrons. The van der Waals surface area contributed by atoms with E-state index in [2.05, 4.69) is 0 Å². The molecule has 2 aliphatic heterocycles. The van der Waals surface area contributed by atoms with Crippen molar-refractivity contribution in [3.8, 4) is 0 Å². The molecule has 0 aromatic carbocycles. The zero-order valence-electron chi connectivity index (χ0n) is 21.3. The molecular weight excluding hydrogens is 568 g/mol. The second kappa shape index (κ2) is 13.2. The lowest BCUT2D eigenvalue weighted by molar-refractivity contribution is -0.101. The van der Waals surface area contributed by atoms with E-state index in [4.69, 9.17) is 32.9 Å². The summed E-state index contributed by atoms with van der Waals surface area (Å²) in [5, 5.41) is 10.4. The molecule has 1 N–H and O–H groups in total. The summed E-state index contributed by atoms with van der Waals surface area (Å²) in [5.74, 6) is -2.24. The third kappa shape index (κ3) is 11.5. The van der Waals surface area contributed by atoms with Crippen LogP contribution >= 0.6 is 0 Å². The Hall–Kier alpha value is 1.31. The van der Waals surface area contributed by atoms with Crippen molar-refractivity contribution in [1.29, 1.82) is 0 Å². The van der Waals surface area contributed by atoms with Crippen LogP contribution in [0.1, 0.15) is 25.7 Å². The van der Waals surface area contributed by atoms with Crippen LogP contribution in [0.3, 0.4) is 0 Å². The lowest BCUT2D eigenvalue weighted by atomic mass is 10.1. The number of rotatable bonds is 8. The van der Waals surface area contributed by atoms with E-state index in [9.17, 15) is 9.50 Å². The lowest BCUT2D eigenvalue weighted by Crippen LogP contribution is -2.53. The van der Waals surface area contributed by atoms with Crippen LogP contribution in [-0.4, -0.2) is 83.8 Å². The second-order valence-electron chi connectivity index (χ2n) is 9.31. The van der Waals surface area contributed by atoms with E-state index in [1.807, 2.05) is 52.4 Å². The molecule has 2 aliphatic rings.